The van der Waals surface area contributed by atoms with E-state index >= 15 is 0 Å². The second-order valence-electron chi connectivity index (χ2n) is 5.35. The summed E-state index contributed by atoms with van der Waals surface area (Å²) in [5.41, 5.74) is 9.26. The first-order chi connectivity index (χ1) is 7.43. The van der Waals surface area contributed by atoms with Crippen LogP contribution in [0, 0.1) is 6.92 Å². The van der Waals surface area contributed by atoms with Crippen LogP contribution in [0.5, 0.6) is 0 Å². The summed E-state index contributed by atoms with van der Waals surface area (Å²) in [4.78, 5) is 0. The van der Waals surface area contributed by atoms with E-state index in [9.17, 15) is 0 Å². The molecule has 0 spiro atoms. The van der Waals surface area contributed by atoms with Crippen LogP contribution in [0.15, 0.2) is 22.6 Å². The minimum atomic E-state index is 0.0632. The molecule has 0 amide bonds. The van der Waals surface area contributed by atoms with E-state index in [1.807, 2.05) is 6.07 Å². The quantitative estimate of drug-likeness (QED) is 0.794. The van der Waals surface area contributed by atoms with Gasteiger partial charge < -0.3 is 10.2 Å². The summed E-state index contributed by atoms with van der Waals surface area (Å²) in [5.74, 6) is 0.910. The molecular weight excluding hydrogens is 198 g/mol. The molecule has 2 heteroatoms. The molecule has 0 fully saturated rings. The molecule has 0 aliphatic heterocycles. The molecule has 0 saturated heterocycles. The van der Waals surface area contributed by atoms with Crippen molar-refractivity contribution < 1.29 is 4.42 Å². The molecule has 0 bridgehead atoms. The fourth-order valence-corrected chi connectivity index (χ4v) is 2.23. The molecule has 16 heavy (non-hydrogen) atoms. The first-order valence-corrected chi connectivity index (χ1v) is 5.66. The topological polar surface area (TPSA) is 39.2 Å². The second kappa shape index (κ2) is 3.63. The number of furan rings is 1. The maximum Gasteiger partial charge on any atom is 0.134 e. The highest BCUT2D eigenvalue weighted by Gasteiger charge is 2.24. The van der Waals surface area contributed by atoms with Crippen LogP contribution in [0.4, 0.5) is 0 Å². The Morgan fingerprint density at radius 1 is 1.25 bits per heavy atom. The lowest BCUT2D eigenvalue weighted by molar-refractivity contribution is 0.511. The number of aryl methyl sites for hydroxylation is 1. The maximum atomic E-state index is 5.80. The first-order valence-electron chi connectivity index (χ1n) is 5.66. The van der Waals surface area contributed by atoms with Crippen LogP contribution in [0.25, 0.3) is 11.0 Å². The van der Waals surface area contributed by atoms with Gasteiger partial charge in [-0.05, 0) is 24.5 Å². The van der Waals surface area contributed by atoms with Gasteiger partial charge in [-0.15, -0.1) is 0 Å². The number of benzene rings is 1. The van der Waals surface area contributed by atoms with Crippen LogP contribution in [-0.4, -0.2) is 0 Å². The average Bonchev–Trinajstić information content (AvgIpc) is 2.54. The van der Waals surface area contributed by atoms with Crippen molar-refractivity contribution in [1.29, 1.82) is 0 Å². The SMILES string of the molecule is Cc1ccc2oc(CN)c(C(C)(C)C)c2c1. The third kappa shape index (κ3) is 1.74. The van der Waals surface area contributed by atoms with E-state index in [-0.39, 0.29) is 5.41 Å². The zero-order valence-electron chi connectivity index (χ0n) is 10.4. The van der Waals surface area contributed by atoms with E-state index in [0.717, 1.165) is 11.3 Å². The zero-order valence-corrected chi connectivity index (χ0v) is 10.4. The minimum Gasteiger partial charge on any atom is -0.459 e. The van der Waals surface area contributed by atoms with Crippen LogP contribution in [0.2, 0.25) is 0 Å². The maximum absolute atomic E-state index is 5.80. The lowest BCUT2D eigenvalue weighted by atomic mass is 9.84. The molecular formula is C14H19NO. The van der Waals surface area contributed by atoms with Crippen molar-refractivity contribution in [2.24, 2.45) is 5.73 Å². The molecule has 2 aromatic rings. The summed E-state index contributed by atoms with van der Waals surface area (Å²) in [7, 11) is 0. The van der Waals surface area contributed by atoms with Gasteiger partial charge in [-0.1, -0.05) is 32.4 Å². The molecule has 2 nitrogen and oxygen atoms in total. The van der Waals surface area contributed by atoms with E-state index in [0.29, 0.717) is 6.54 Å². The summed E-state index contributed by atoms with van der Waals surface area (Å²) in [5, 5.41) is 1.20. The van der Waals surface area contributed by atoms with Gasteiger partial charge in [0, 0.05) is 10.9 Å². The van der Waals surface area contributed by atoms with E-state index in [1.165, 1.54) is 16.5 Å². The Balaban J connectivity index is 2.81. The average molecular weight is 217 g/mol. The van der Waals surface area contributed by atoms with Crippen LogP contribution < -0.4 is 5.73 Å². The molecule has 0 aliphatic carbocycles. The van der Waals surface area contributed by atoms with Crippen LogP contribution in [0.3, 0.4) is 0 Å². The smallest absolute Gasteiger partial charge is 0.134 e. The highest BCUT2D eigenvalue weighted by atomic mass is 16.3. The van der Waals surface area contributed by atoms with Gasteiger partial charge in [0.25, 0.3) is 0 Å². The first kappa shape index (κ1) is 11.2. The van der Waals surface area contributed by atoms with Gasteiger partial charge in [-0.2, -0.15) is 0 Å². The Bertz CT molecular complexity index is 517. The van der Waals surface area contributed by atoms with Gasteiger partial charge in [0.1, 0.15) is 11.3 Å². The van der Waals surface area contributed by atoms with Gasteiger partial charge in [0.2, 0.25) is 0 Å². The number of hydrogen-bond donors (Lipinski definition) is 1. The third-order valence-electron chi connectivity index (χ3n) is 2.85. The molecule has 0 unspecified atom stereocenters. The lowest BCUT2D eigenvalue weighted by Crippen LogP contribution is -2.14. The minimum absolute atomic E-state index is 0.0632. The third-order valence-corrected chi connectivity index (χ3v) is 2.85. The number of hydrogen-bond acceptors (Lipinski definition) is 2. The normalized spacial score (nSPS) is 12.3. The van der Waals surface area contributed by atoms with Gasteiger partial charge >= 0.3 is 0 Å². The summed E-state index contributed by atoms with van der Waals surface area (Å²) in [6.45, 7) is 9.14. The molecule has 1 aromatic heterocycles. The van der Waals surface area contributed by atoms with Crippen molar-refractivity contribution in [3.8, 4) is 0 Å². The molecule has 0 radical (unpaired) electrons. The Labute approximate surface area is 96.4 Å². The molecule has 0 saturated carbocycles. The summed E-state index contributed by atoms with van der Waals surface area (Å²) < 4.78 is 5.80. The van der Waals surface area contributed by atoms with Gasteiger partial charge in [0.05, 0.1) is 6.54 Å². The monoisotopic (exact) mass is 217 g/mol. The standard InChI is InChI=1S/C14H19NO/c1-9-5-6-11-10(7-9)13(14(2,3)4)12(8-15)16-11/h5-7H,8,15H2,1-4H3. The van der Waals surface area contributed by atoms with Crippen molar-refractivity contribution in [3.63, 3.8) is 0 Å². The fraction of sp³-hybridized carbons (Fsp3) is 0.429. The van der Waals surface area contributed by atoms with Gasteiger partial charge in [-0.3, -0.25) is 0 Å². The Kier molecular flexibility index (Phi) is 2.55. The molecule has 0 aliphatic rings. The van der Waals surface area contributed by atoms with Crippen molar-refractivity contribution in [2.75, 3.05) is 0 Å². The van der Waals surface area contributed by atoms with E-state index in [1.54, 1.807) is 0 Å². The largest absolute Gasteiger partial charge is 0.459 e. The fourth-order valence-electron chi connectivity index (χ4n) is 2.23. The van der Waals surface area contributed by atoms with Crippen molar-refractivity contribution in [3.05, 3.63) is 35.1 Å². The summed E-state index contributed by atoms with van der Waals surface area (Å²) >= 11 is 0. The van der Waals surface area contributed by atoms with E-state index < -0.39 is 0 Å². The predicted octanol–water partition coefficient (Wildman–Crippen LogP) is 3.50. The molecule has 2 N–H and O–H groups in total. The number of rotatable bonds is 1. The highest BCUT2D eigenvalue weighted by Crippen LogP contribution is 2.35. The Hall–Kier alpha value is -1.28. The van der Waals surface area contributed by atoms with Crippen LogP contribution in [0.1, 0.15) is 37.7 Å². The zero-order chi connectivity index (χ0) is 11.9. The van der Waals surface area contributed by atoms with Crippen LogP contribution >= 0.6 is 0 Å². The number of nitrogens with two attached hydrogens (primary N) is 1. The second-order valence-corrected chi connectivity index (χ2v) is 5.35. The molecule has 2 rings (SSSR count). The van der Waals surface area contributed by atoms with Crippen molar-refractivity contribution >= 4 is 11.0 Å². The predicted molar refractivity (Wildman–Crippen MR) is 67.5 cm³/mol. The van der Waals surface area contributed by atoms with Crippen molar-refractivity contribution in [2.45, 2.75) is 39.7 Å². The molecule has 0 atom stereocenters. The van der Waals surface area contributed by atoms with Crippen LogP contribution in [-0.2, 0) is 12.0 Å². The summed E-state index contributed by atoms with van der Waals surface area (Å²) in [6.07, 6.45) is 0. The Morgan fingerprint density at radius 3 is 2.50 bits per heavy atom. The highest BCUT2D eigenvalue weighted by molar-refractivity contribution is 5.84. The van der Waals surface area contributed by atoms with E-state index in [4.69, 9.17) is 10.2 Å². The summed E-state index contributed by atoms with van der Waals surface area (Å²) in [6, 6.07) is 6.27. The Morgan fingerprint density at radius 2 is 1.94 bits per heavy atom. The lowest BCUT2D eigenvalue weighted by Gasteiger charge is -2.18. The molecule has 1 aromatic carbocycles. The van der Waals surface area contributed by atoms with Crippen molar-refractivity contribution in [1.82, 2.24) is 0 Å². The number of fused-ring (bicyclic) bond motifs is 1. The molecule has 1 heterocycles. The van der Waals surface area contributed by atoms with E-state index in [2.05, 4.69) is 39.8 Å². The van der Waals surface area contributed by atoms with Gasteiger partial charge in [-0.25, -0.2) is 0 Å². The van der Waals surface area contributed by atoms with Gasteiger partial charge in [0.15, 0.2) is 0 Å². The molecule has 86 valence electrons.